The molecule has 1 aromatic heterocycles. The lowest BCUT2D eigenvalue weighted by atomic mass is 10.2. The lowest BCUT2D eigenvalue weighted by Gasteiger charge is -2.23. The number of anilines is 1. The fourth-order valence-electron chi connectivity index (χ4n) is 2.29. The van der Waals surface area contributed by atoms with E-state index in [-0.39, 0.29) is 17.3 Å². The second-order valence-corrected chi connectivity index (χ2v) is 5.73. The van der Waals surface area contributed by atoms with Crippen LogP contribution in [0.1, 0.15) is 18.4 Å². The number of hydrogen-bond donors (Lipinski definition) is 1. The number of furan rings is 1. The van der Waals surface area contributed by atoms with E-state index < -0.39 is 11.0 Å². The number of nitrogens with zero attached hydrogens (tertiary/aromatic N) is 2. The molecule has 0 spiro atoms. The van der Waals surface area contributed by atoms with Gasteiger partial charge < -0.3 is 14.5 Å². The number of amides is 1. The van der Waals surface area contributed by atoms with Gasteiger partial charge >= 0.3 is 0 Å². The van der Waals surface area contributed by atoms with Gasteiger partial charge in [0.15, 0.2) is 0 Å². The van der Waals surface area contributed by atoms with E-state index in [4.69, 9.17) is 9.15 Å². The summed E-state index contributed by atoms with van der Waals surface area (Å²) in [5.74, 6) is 1.57. The molecule has 0 unspecified atom stereocenters. The first-order chi connectivity index (χ1) is 11.8. The van der Waals surface area contributed by atoms with Crippen LogP contribution in [0, 0.1) is 17.0 Å². The highest BCUT2D eigenvalue weighted by atomic mass is 16.6. The van der Waals surface area contributed by atoms with Crippen molar-refractivity contribution in [3.8, 4) is 5.75 Å². The van der Waals surface area contributed by atoms with Crippen LogP contribution < -0.4 is 10.1 Å². The molecule has 0 saturated heterocycles. The second-order valence-electron chi connectivity index (χ2n) is 5.73. The standard InChI is InChI=1S/C17H21N3O5/c1-11-5-7-14(25-11)10-19(3)12(2)17(21)18-15-8-6-13(20(22)23)9-16(15)24-4/h5-9,12H,10H2,1-4H3,(H,18,21)/t12-/m0/s1. The van der Waals surface area contributed by atoms with Crippen LogP contribution in [-0.2, 0) is 11.3 Å². The Bertz CT molecular complexity index is 771. The molecular formula is C17H21N3O5. The first-order valence-electron chi connectivity index (χ1n) is 7.70. The van der Waals surface area contributed by atoms with E-state index in [1.807, 2.05) is 31.0 Å². The highest BCUT2D eigenvalue weighted by molar-refractivity contribution is 5.96. The third-order valence-electron chi connectivity index (χ3n) is 3.90. The number of nitro groups is 1. The molecule has 1 heterocycles. The normalized spacial score (nSPS) is 12.0. The van der Waals surface area contributed by atoms with Crippen molar-refractivity contribution in [3.05, 3.63) is 52.0 Å². The molecule has 25 heavy (non-hydrogen) atoms. The lowest BCUT2D eigenvalue weighted by molar-refractivity contribution is -0.384. The summed E-state index contributed by atoms with van der Waals surface area (Å²) in [6, 6.07) is 7.35. The van der Waals surface area contributed by atoms with Crippen LogP contribution in [0.3, 0.4) is 0 Å². The molecule has 0 aliphatic carbocycles. The fourth-order valence-corrected chi connectivity index (χ4v) is 2.29. The quantitative estimate of drug-likeness (QED) is 0.611. The first kappa shape index (κ1) is 18.5. The number of carbonyl (C=O) groups excluding carboxylic acids is 1. The van der Waals surface area contributed by atoms with Gasteiger partial charge in [-0.3, -0.25) is 19.8 Å². The van der Waals surface area contributed by atoms with Crippen LogP contribution in [0.4, 0.5) is 11.4 Å². The number of benzene rings is 1. The summed E-state index contributed by atoms with van der Waals surface area (Å²) in [5.41, 5.74) is 0.278. The number of methoxy groups -OCH3 is 1. The van der Waals surface area contributed by atoms with E-state index in [1.54, 1.807) is 6.92 Å². The number of likely N-dealkylation sites (N-methyl/N-ethyl adjacent to an activating group) is 1. The Morgan fingerprint density at radius 1 is 1.40 bits per heavy atom. The average molecular weight is 347 g/mol. The number of non-ortho nitro benzene ring substituents is 1. The smallest absolute Gasteiger partial charge is 0.273 e. The minimum atomic E-state index is -0.518. The minimum Gasteiger partial charge on any atom is -0.494 e. The van der Waals surface area contributed by atoms with E-state index in [0.717, 1.165) is 11.5 Å². The first-order valence-corrected chi connectivity index (χ1v) is 7.70. The molecule has 0 aliphatic rings. The number of carbonyl (C=O) groups is 1. The van der Waals surface area contributed by atoms with E-state index in [2.05, 4.69) is 5.32 Å². The maximum atomic E-state index is 12.5. The molecule has 0 radical (unpaired) electrons. The van der Waals surface area contributed by atoms with Crippen molar-refractivity contribution in [2.75, 3.05) is 19.5 Å². The Morgan fingerprint density at radius 3 is 2.68 bits per heavy atom. The van der Waals surface area contributed by atoms with Gasteiger partial charge in [-0.15, -0.1) is 0 Å². The van der Waals surface area contributed by atoms with Crippen LogP contribution in [0.25, 0.3) is 0 Å². The van der Waals surface area contributed by atoms with Crippen molar-refractivity contribution < 1.29 is 18.9 Å². The summed E-state index contributed by atoms with van der Waals surface area (Å²) in [5, 5.41) is 13.6. The molecule has 1 atom stereocenters. The van der Waals surface area contributed by atoms with Crippen molar-refractivity contribution in [3.63, 3.8) is 0 Å². The summed E-state index contributed by atoms with van der Waals surface area (Å²) in [4.78, 5) is 24.6. The van der Waals surface area contributed by atoms with Gasteiger partial charge in [-0.2, -0.15) is 0 Å². The topological polar surface area (TPSA) is 97.8 Å². The number of aryl methyl sites for hydroxylation is 1. The number of nitro benzene ring substituents is 1. The van der Waals surface area contributed by atoms with Crippen LogP contribution in [0.2, 0.25) is 0 Å². The zero-order chi connectivity index (χ0) is 18.6. The molecule has 8 nitrogen and oxygen atoms in total. The Hall–Kier alpha value is -2.87. The van der Waals surface area contributed by atoms with Crippen LogP contribution in [-0.4, -0.2) is 35.9 Å². The van der Waals surface area contributed by atoms with Crippen molar-refractivity contribution in [2.45, 2.75) is 26.4 Å². The Balaban J connectivity index is 2.06. The van der Waals surface area contributed by atoms with Gasteiger partial charge in [-0.25, -0.2) is 0 Å². The minimum absolute atomic E-state index is 0.104. The summed E-state index contributed by atoms with van der Waals surface area (Å²) in [7, 11) is 3.21. The molecule has 2 aromatic rings. The Morgan fingerprint density at radius 2 is 2.12 bits per heavy atom. The molecule has 0 fully saturated rings. The molecule has 0 bridgehead atoms. The van der Waals surface area contributed by atoms with E-state index in [9.17, 15) is 14.9 Å². The molecule has 1 N–H and O–H groups in total. The molecule has 1 aromatic carbocycles. The van der Waals surface area contributed by atoms with Gasteiger partial charge in [-0.1, -0.05) is 0 Å². The SMILES string of the molecule is COc1cc([N+](=O)[O-])ccc1NC(=O)[C@H](C)N(C)Cc1ccc(C)o1. The van der Waals surface area contributed by atoms with E-state index in [1.165, 1.54) is 25.3 Å². The van der Waals surface area contributed by atoms with Crippen molar-refractivity contribution in [1.29, 1.82) is 0 Å². The molecule has 1 amide bonds. The van der Waals surface area contributed by atoms with Crippen LogP contribution in [0.15, 0.2) is 34.7 Å². The predicted octanol–water partition coefficient (Wildman–Crippen LogP) is 2.96. The average Bonchev–Trinajstić information content (AvgIpc) is 2.98. The van der Waals surface area contributed by atoms with Crippen molar-refractivity contribution in [1.82, 2.24) is 4.90 Å². The van der Waals surface area contributed by atoms with Gasteiger partial charge in [0.25, 0.3) is 5.69 Å². The number of hydrogen-bond acceptors (Lipinski definition) is 6. The maximum absolute atomic E-state index is 12.5. The maximum Gasteiger partial charge on any atom is 0.273 e. The third kappa shape index (κ3) is 4.57. The van der Waals surface area contributed by atoms with Crippen molar-refractivity contribution in [2.24, 2.45) is 0 Å². The highest BCUT2D eigenvalue weighted by Crippen LogP contribution is 2.29. The van der Waals surface area contributed by atoms with Crippen molar-refractivity contribution >= 4 is 17.3 Å². The molecular weight excluding hydrogens is 326 g/mol. The lowest BCUT2D eigenvalue weighted by Crippen LogP contribution is -2.39. The van der Waals surface area contributed by atoms with E-state index in [0.29, 0.717) is 12.2 Å². The fraction of sp³-hybridized carbons (Fsp3) is 0.353. The van der Waals surface area contributed by atoms with Crippen LogP contribution in [0.5, 0.6) is 5.75 Å². The van der Waals surface area contributed by atoms with Gasteiger partial charge in [0, 0.05) is 6.07 Å². The summed E-state index contributed by atoms with van der Waals surface area (Å²) >= 11 is 0. The number of nitrogens with one attached hydrogen (secondary N) is 1. The van der Waals surface area contributed by atoms with Gasteiger partial charge in [-0.05, 0) is 39.1 Å². The van der Waals surface area contributed by atoms with Gasteiger partial charge in [0.1, 0.15) is 17.3 Å². The predicted molar refractivity (Wildman–Crippen MR) is 92.7 cm³/mol. The Labute approximate surface area is 145 Å². The monoisotopic (exact) mass is 347 g/mol. The summed E-state index contributed by atoms with van der Waals surface area (Å²) in [6.07, 6.45) is 0. The molecule has 0 aliphatic heterocycles. The summed E-state index contributed by atoms with van der Waals surface area (Å²) < 4.78 is 10.6. The molecule has 2 rings (SSSR count). The van der Waals surface area contributed by atoms with Crippen LogP contribution >= 0.6 is 0 Å². The zero-order valence-electron chi connectivity index (χ0n) is 14.6. The summed E-state index contributed by atoms with van der Waals surface area (Å²) in [6.45, 7) is 4.11. The Kier molecular flexibility index (Phi) is 5.76. The number of ether oxygens (including phenoxy) is 1. The van der Waals surface area contributed by atoms with Gasteiger partial charge in [0.05, 0.1) is 36.4 Å². The number of rotatable bonds is 7. The second kappa shape index (κ2) is 7.80. The third-order valence-corrected chi connectivity index (χ3v) is 3.90. The van der Waals surface area contributed by atoms with E-state index >= 15 is 0 Å². The zero-order valence-corrected chi connectivity index (χ0v) is 14.6. The highest BCUT2D eigenvalue weighted by Gasteiger charge is 2.21. The van der Waals surface area contributed by atoms with Gasteiger partial charge in [0.2, 0.25) is 5.91 Å². The largest absolute Gasteiger partial charge is 0.494 e. The molecule has 0 saturated carbocycles. The molecule has 134 valence electrons. The molecule has 8 heteroatoms.